The molecule has 0 fully saturated rings. The molecule has 0 spiro atoms. The summed E-state index contributed by atoms with van der Waals surface area (Å²) in [6.45, 7) is 5.10. The summed E-state index contributed by atoms with van der Waals surface area (Å²) in [6.07, 6.45) is 3.99. The minimum atomic E-state index is -0.577. The molecule has 0 aliphatic carbocycles. The summed E-state index contributed by atoms with van der Waals surface area (Å²) < 4.78 is 15.6. The number of carbonyl (C=O) groups is 2. The van der Waals surface area contributed by atoms with Gasteiger partial charge in [-0.2, -0.15) is 0 Å². The third-order valence-corrected chi connectivity index (χ3v) is 2.73. The fourth-order valence-corrected chi connectivity index (χ4v) is 1.65. The SMILES string of the molecule is CCCOc1ccc(C(=O)/C=C/C(=O)OC)c(OCCC)c1. The Labute approximate surface area is 130 Å². The van der Waals surface area contributed by atoms with Crippen molar-refractivity contribution in [3.05, 3.63) is 35.9 Å². The number of ether oxygens (including phenoxy) is 3. The van der Waals surface area contributed by atoms with Crippen molar-refractivity contribution in [2.45, 2.75) is 26.7 Å². The molecule has 0 atom stereocenters. The second-order valence-electron chi connectivity index (χ2n) is 4.58. The number of hydrogen-bond acceptors (Lipinski definition) is 5. The average Bonchev–Trinajstić information content (AvgIpc) is 2.55. The van der Waals surface area contributed by atoms with Crippen LogP contribution in [0.3, 0.4) is 0 Å². The van der Waals surface area contributed by atoms with E-state index in [0.717, 1.165) is 18.9 Å². The van der Waals surface area contributed by atoms with Crippen molar-refractivity contribution >= 4 is 11.8 Å². The van der Waals surface area contributed by atoms with Gasteiger partial charge in [-0.3, -0.25) is 4.79 Å². The molecule has 0 radical (unpaired) electrons. The third kappa shape index (κ3) is 5.60. The first-order valence-corrected chi connectivity index (χ1v) is 7.32. The van der Waals surface area contributed by atoms with Gasteiger partial charge in [-0.25, -0.2) is 4.79 Å². The molecule has 0 heterocycles. The van der Waals surface area contributed by atoms with Crippen molar-refractivity contribution < 1.29 is 23.8 Å². The highest BCUT2D eigenvalue weighted by atomic mass is 16.5. The number of allylic oxidation sites excluding steroid dienone is 1. The molecule has 5 nitrogen and oxygen atoms in total. The number of rotatable bonds is 9. The molecule has 0 amide bonds. The molecule has 22 heavy (non-hydrogen) atoms. The molecule has 1 rings (SSSR count). The Bertz CT molecular complexity index is 534. The van der Waals surface area contributed by atoms with E-state index in [0.29, 0.717) is 30.3 Å². The Morgan fingerprint density at radius 3 is 2.36 bits per heavy atom. The van der Waals surface area contributed by atoms with Gasteiger partial charge in [0, 0.05) is 12.1 Å². The summed E-state index contributed by atoms with van der Waals surface area (Å²) in [5.41, 5.74) is 0.387. The van der Waals surface area contributed by atoms with E-state index in [-0.39, 0.29) is 5.78 Å². The fourth-order valence-electron chi connectivity index (χ4n) is 1.65. The van der Waals surface area contributed by atoms with Gasteiger partial charge < -0.3 is 14.2 Å². The van der Waals surface area contributed by atoms with Crippen molar-refractivity contribution in [1.29, 1.82) is 0 Å². The summed E-state index contributed by atoms with van der Waals surface area (Å²) >= 11 is 0. The van der Waals surface area contributed by atoms with Gasteiger partial charge in [0.1, 0.15) is 11.5 Å². The lowest BCUT2D eigenvalue weighted by Gasteiger charge is -2.12. The monoisotopic (exact) mass is 306 g/mol. The minimum absolute atomic E-state index is 0.321. The number of carbonyl (C=O) groups excluding carboxylic acids is 2. The summed E-state index contributed by atoms with van der Waals surface area (Å²) in [4.78, 5) is 23.2. The van der Waals surface area contributed by atoms with Crippen LogP contribution in [-0.4, -0.2) is 32.1 Å². The summed E-state index contributed by atoms with van der Waals surface area (Å²) in [7, 11) is 1.26. The molecule has 0 saturated heterocycles. The van der Waals surface area contributed by atoms with Crippen molar-refractivity contribution in [3.63, 3.8) is 0 Å². The van der Waals surface area contributed by atoms with Gasteiger partial charge in [-0.1, -0.05) is 13.8 Å². The number of esters is 1. The minimum Gasteiger partial charge on any atom is -0.493 e. The van der Waals surface area contributed by atoms with Crippen LogP contribution in [0.25, 0.3) is 0 Å². The summed E-state index contributed by atoms with van der Waals surface area (Å²) in [6, 6.07) is 5.05. The van der Waals surface area contributed by atoms with Gasteiger partial charge in [0.25, 0.3) is 0 Å². The van der Waals surface area contributed by atoms with E-state index in [4.69, 9.17) is 9.47 Å². The van der Waals surface area contributed by atoms with E-state index in [1.54, 1.807) is 18.2 Å². The Balaban J connectivity index is 2.97. The lowest BCUT2D eigenvalue weighted by Crippen LogP contribution is -2.05. The van der Waals surface area contributed by atoms with Crippen LogP contribution in [0.1, 0.15) is 37.0 Å². The van der Waals surface area contributed by atoms with Gasteiger partial charge in [0.2, 0.25) is 0 Å². The highest BCUT2D eigenvalue weighted by Crippen LogP contribution is 2.26. The predicted molar refractivity (Wildman–Crippen MR) is 83.5 cm³/mol. The van der Waals surface area contributed by atoms with Crippen molar-refractivity contribution in [1.82, 2.24) is 0 Å². The van der Waals surface area contributed by atoms with Crippen LogP contribution >= 0.6 is 0 Å². The molecule has 1 aromatic carbocycles. The van der Waals surface area contributed by atoms with Crippen LogP contribution in [0.2, 0.25) is 0 Å². The van der Waals surface area contributed by atoms with Gasteiger partial charge in [0.05, 0.1) is 25.9 Å². The zero-order chi connectivity index (χ0) is 16.4. The molecule has 0 bridgehead atoms. The maximum atomic E-state index is 12.2. The molecule has 120 valence electrons. The lowest BCUT2D eigenvalue weighted by molar-refractivity contribution is -0.134. The second kappa shape index (κ2) is 9.60. The third-order valence-electron chi connectivity index (χ3n) is 2.73. The van der Waals surface area contributed by atoms with Gasteiger partial charge in [-0.05, 0) is 31.1 Å². The largest absolute Gasteiger partial charge is 0.493 e. The topological polar surface area (TPSA) is 61.8 Å². The smallest absolute Gasteiger partial charge is 0.330 e. The molecular formula is C17H22O5. The van der Waals surface area contributed by atoms with Crippen molar-refractivity contribution in [2.24, 2.45) is 0 Å². The zero-order valence-electron chi connectivity index (χ0n) is 13.3. The van der Waals surface area contributed by atoms with E-state index in [1.807, 2.05) is 13.8 Å². The molecule has 0 unspecified atom stereocenters. The fraction of sp³-hybridized carbons (Fsp3) is 0.412. The normalized spacial score (nSPS) is 10.5. The molecule has 0 aliphatic rings. The zero-order valence-corrected chi connectivity index (χ0v) is 13.3. The van der Waals surface area contributed by atoms with E-state index in [2.05, 4.69) is 4.74 Å². The first kappa shape index (κ1) is 17.8. The number of benzene rings is 1. The Morgan fingerprint density at radius 1 is 1.05 bits per heavy atom. The van der Waals surface area contributed by atoms with Crippen LogP contribution in [-0.2, 0) is 9.53 Å². The quantitative estimate of drug-likeness (QED) is 0.398. The van der Waals surface area contributed by atoms with Crippen molar-refractivity contribution in [3.8, 4) is 11.5 Å². The Hall–Kier alpha value is -2.30. The van der Waals surface area contributed by atoms with E-state index in [9.17, 15) is 9.59 Å². The van der Waals surface area contributed by atoms with Crippen LogP contribution < -0.4 is 9.47 Å². The van der Waals surface area contributed by atoms with Crippen LogP contribution in [0.15, 0.2) is 30.4 Å². The molecule has 1 aromatic rings. The average molecular weight is 306 g/mol. The Morgan fingerprint density at radius 2 is 1.73 bits per heavy atom. The highest BCUT2D eigenvalue weighted by molar-refractivity contribution is 6.08. The molecule has 0 aromatic heterocycles. The first-order chi connectivity index (χ1) is 10.6. The molecular weight excluding hydrogens is 284 g/mol. The lowest BCUT2D eigenvalue weighted by atomic mass is 10.1. The molecule has 0 aliphatic heterocycles. The molecule has 0 saturated carbocycles. The van der Waals surface area contributed by atoms with Crippen LogP contribution in [0.4, 0.5) is 0 Å². The van der Waals surface area contributed by atoms with E-state index < -0.39 is 5.97 Å². The first-order valence-electron chi connectivity index (χ1n) is 7.32. The highest BCUT2D eigenvalue weighted by Gasteiger charge is 2.12. The maximum Gasteiger partial charge on any atom is 0.330 e. The number of hydrogen-bond donors (Lipinski definition) is 0. The van der Waals surface area contributed by atoms with Gasteiger partial charge in [0.15, 0.2) is 5.78 Å². The molecule has 5 heteroatoms. The summed E-state index contributed by atoms with van der Waals surface area (Å²) in [5.74, 6) is 0.210. The van der Waals surface area contributed by atoms with Gasteiger partial charge >= 0.3 is 5.97 Å². The number of methoxy groups -OCH3 is 1. The second-order valence-corrected chi connectivity index (χ2v) is 4.58. The van der Waals surface area contributed by atoms with Crippen LogP contribution in [0, 0.1) is 0 Å². The van der Waals surface area contributed by atoms with Crippen LogP contribution in [0.5, 0.6) is 11.5 Å². The van der Waals surface area contributed by atoms with Gasteiger partial charge in [-0.15, -0.1) is 0 Å². The number of ketones is 1. The van der Waals surface area contributed by atoms with Crippen molar-refractivity contribution in [2.75, 3.05) is 20.3 Å². The maximum absolute atomic E-state index is 12.2. The predicted octanol–water partition coefficient (Wildman–Crippen LogP) is 3.18. The Kier molecular flexibility index (Phi) is 7.75. The van der Waals surface area contributed by atoms with E-state index >= 15 is 0 Å². The van der Waals surface area contributed by atoms with E-state index in [1.165, 1.54) is 13.2 Å². The summed E-state index contributed by atoms with van der Waals surface area (Å²) in [5, 5.41) is 0. The molecule has 0 N–H and O–H groups in total. The standard InChI is InChI=1S/C17H22O5/c1-4-10-21-13-6-7-14(16(12-13)22-11-5-2)15(18)8-9-17(19)20-3/h6-9,12H,4-5,10-11H2,1-3H3/b9-8+.